The van der Waals surface area contributed by atoms with Crippen LogP contribution in [0.2, 0.25) is 5.28 Å². The van der Waals surface area contributed by atoms with Crippen molar-refractivity contribution in [3.63, 3.8) is 0 Å². The number of likely N-dealkylation sites (N-methyl/N-ethyl adjacent to an activating group) is 1. The third-order valence-corrected chi connectivity index (χ3v) is 3.82. The molecule has 0 aromatic carbocycles. The predicted octanol–water partition coefficient (Wildman–Crippen LogP) is 0.587. The summed E-state index contributed by atoms with van der Waals surface area (Å²) in [6, 6.07) is 0.297. The summed E-state index contributed by atoms with van der Waals surface area (Å²) in [5, 5.41) is 0.224. The maximum Gasteiger partial charge on any atom is 0.231 e. The fourth-order valence-corrected chi connectivity index (χ4v) is 2.53. The number of hydrogen-bond donors (Lipinski definition) is 0. The van der Waals surface area contributed by atoms with Crippen molar-refractivity contribution in [2.24, 2.45) is 0 Å². The van der Waals surface area contributed by atoms with Gasteiger partial charge in [0.05, 0.1) is 25.9 Å². The molecule has 110 valence electrons. The van der Waals surface area contributed by atoms with E-state index in [-0.39, 0.29) is 5.28 Å². The third-order valence-electron chi connectivity index (χ3n) is 3.65. The highest BCUT2D eigenvalue weighted by Crippen LogP contribution is 2.20. The van der Waals surface area contributed by atoms with Gasteiger partial charge >= 0.3 is 0 Å². The lowest BCUT2D eigenvalue weighted by Crippen LogP contribution is -2.38. The smallest absolute Gasteiger partial charge is 0.231 e. The fourth-order valence-electron chi connectivity index (χ4n) is 2.38. The summed E-state index contributed by atoms with van der Waals surface area (Å²) in [6.45, 7) is 4.40. The Morgan fingerprint density at radius 3 is 2.65 bits per heavy atom. The van der Waals surface area contributed by atoms with Crippen LogP contribution in [0.15, 0.2) is 0 Å². The Kier molecular flexibility index (Phi) is 4.18. The molecule has 1 aromatic rings. The average molecular weight is 300 g/mol. The van der Waals surface area contributed by atoms with Crippen molar-refractivity contribution in [1.29, 1.82) is 0 Å². The van der Waals surface area contributed by atoms with E-state index in [4.69, 9.17) is 21.1 Å². The van der Waals surface area contributed by atoms with Crippen molar-refractivity contribution in [1.82, 2.24) is 15.0 Å². The van der Waals surface area contributed by atoms with Crippen LogP contribution in [0.1, 0.15) is 6.42 Å². The number of aromatic nitrogens is 3. The van der Waals surface area contributed by atoms with Crippen molar-refractivity contribution in [3.8, 4) is 0 Å². The maximum atomic E-state index is 6.04. The summed E-state index contributed by atoms with van der Waals surface area (Å²) in [5.74, 6) is 1.22. The van der Waals surface area contributed by atoms with Gasteiger partial charge in [0.15, 0.2) is 0 Å². The summed E-state index contributed by atoms with van der Waals surface area (Å²) in [4.78, 5) is 17.1. The van der Waals surface area contributed by atoms with Gasteiger partial charge in [-0.1, -0.05) is 0 Å². The van der Waals surface area contributed by atoms with Crippen LogP contribution in [-0.4, -0.2) is 67.6 Å². The van der Waals surface area contributed by atoms with Gasteiger partial charge in [0.25, 0.3) is 0 Å². The van der Waals surface area contributed by atoms with E-state index in [0.29, 0.717) is 37.8 Å². The second kappa shape index (κ2) is 6.07. The lowest BCUT2D eigenvalue weighted by molar-refractivity contribution is 0.122. The highest BCUT2D eigenvalue weighted by atomic mass is 35.5. The molecule has 0 amide bonds. The number of ether oxygens (including phenoxy) is 2. The first kappa shape index (κ1) is 13.8. The summed E-state index contributed by atoms with van der Waals surface area (Å²) >= 11 is 6.04. The Labute approximate surface area is 122 Å². The molecule has 8 heteroatoms. The molecule has 2 fully saturated rings. The molecule has 1 unspecified atom stereocenters. The van der Waals surface area contributed by atoms with E-state index >= 15 is 0 Å². The van der Waals surface area contributed by atoms with Crippen LogP contribution in [-0.2, 0) is 9.47 Å². The topological polar surface area (TPSA) is 63.6 Å². The Hall–Kier alpha value is -1.18. The number of halogens is 1. The number of hydrogen-bond acceptors (Lipinski definition) is 7. The summed E-state index contributed by atoms with van der Waals surface area (Å²) < 4.78 is 10.7. The second-order valence-corrected chi connectivity index (χ2v) is 5.27. The van der Waals surface area contributed by atoms with Gasteiger partial charge in [0.1, 0.15) is 0 Å². The van der Waals surface area contributed by atoms with Crippen LogP contribution in [0.25, 0.3) is 0 Å². The SMILES string of the molecule is CN(c1nc(Cl)nc(N2CCOCC2)n1)C1CCOC1. The molecule has 1 atom stereocenters. The number of rotatable bonds is 3. The fraction of sp³-hybridized carbons (Fsp3) is 0.750. The van der Waals surface area contributed by atoms with E-state index in [0.717, 1.165) is 26.1 Å². The Bertz CT molecular complexity index is 463. The van der Waals surface area contributed by atoms with E-state index in [1.165, 1.54) is 0 Å². The number of morpholine rings is 1. The van der Waals surface area contributed by atoms with Crippen LogP contribution < -0.4 is 9.80 Å². The van der Waals surface area contributed by atoms with E-state index in [1.807, 2.05) is 11.9 Å². The van der Waals surface area contributed by atoms with E-state index in [9.17, 15) is 0 Å². The third kappa shape index (κ3) is 2.94. The van der Waals surface area contributed by atoms with Crippen molar-refractivity contribution in [2.75, 3.05) is 56.4 Å². The van der Waals surface area contributed by atoms with Crippen LogP contribution in [0.5, 0.6) is 0 Å². The quantitative estimate of drug-likeness (QED) is 0.809. The summed E-state index contributed by atoms with van der Waals surface area (Å²) in [5.41, 5.74) is 0. The molecular weight excluding hydrogens is 282 g/mol. The van der Waals surface area contributed by atoms with Crippen molar-refractivity contribution >= 4 is 23.5 Å². The van der Waals surface area contributed by atoms with Crippen LogP contribution in [0.3, 0.4) is 0 Å². The largest absolute Gasteiger partial charge is 0.379 e. The first-order chi connectivity index (χ1) is 9.74. The van der Waals surface area contributed by atoms with Gasteiger partial charge in [-0.05, 0) is 18.0 Å². The van der Waals surface area contributed by atoms with Gasteiger partial charge < -0.3 is 19.3 Å². The molecule has 2 saturated heterocycles. The summed E-state index contributed by atoms with van der Waals surface area (Å²) in [7, 11) is 1.97. The van der Waals surface area contributed by atoms with Crippen LogP contribution in [0, 0.1) is 0 Å². The molecule has 0 aliphatic carbocycles. The van der Waals surface area contributed by atoms with E-state index in [2.05, 4.69) is 19.9 Å². The molecule has 1 aromatic heterocycles. The van der Waals surface area contributed by atoms with E-state index in [1.54, 1.807) is 0 Å². The van der Waals surface area contributed by atoms with Gasteiger partial charge in [-0.2, -0.15) is 15.0 Å². The molecule has 2 aliphatic rings. The molecule has 7 nitrogen and oxygen atoms in total. The minimum atomic E-state index is 0.224. The zero-order chi connectivity index (χ0) is 13.9. The zero-order valence-corrected chi connectivity index (χ0v) is 12.2. The predicted molar refractivity (Wildman–Crippen MR) is 75.5 cm³/mol. The monoisotopic (exact) mass is 299 g/mol. The molecule has 0 bridgehead atoms. The molecule has 0 N–H and O–H groups in total. The standard InChI is InChI=1S/C12H18ClN5O2/c1-17(9-2-5-20-8-9)11-14-10(13)15-12(16-11)18-3-6-19-7-4-18/h9H,2-8H2,1H3. The molecule has 3 heterocycles. The van der Waals surface area contributed by atoms with Crippen LogP contribution >= 0.6 is 11.6 Å². The van der Waals surface area contributed by atoms with Crippen molar-refractivity contribution in [2.45, 2.75) is 12.5 Å². The second-order valence-electron chi connectivity index (χ2n) is 4.93. The van der Waals surface area contributed by atoms with Gasteiger partial charge in [-0.25, -0.2) is 0 Å². The highest BCUT2D eigenvalue weighted by molar-refractivity contribution is 6.28. The normalized spacial score (nSPS) is 23.1. The van der Waals surface area contributed by atoms with Gasteiger partial charge in [-0.15, -0.1) is 0 Å². The first-order valence-corrected chi connectivity index (χ1v) is 7.16. The lowest BCUT2D eigenvalue weighted by Gasteiger charge is -2.28. The van der Waals surface area contributed by atoms with Crippen molar-refractivity contribution in [3.05, 3.63) is 5.28 Å². The van der Waals surface area contributed by atoms with E-state index < -0.39 is 0 Å². The summed E-state index contributed by atoms with van der Waals surface area (Å²) in [6.07, 6.45) is 0.979. The number of nitrogens with zero attached hydrogens (tertiary/aromatic N) is 5. The van der Waals surface area contributed by atoms with Gasteiger partial charge in [0.2, 0.25) is 17.2 Å². The number of anilines is 2. The zero-order valence-electron chi connectivity index (χ0n) is 11.5. The van der Waals surface area contributed by atoms with Gasteiger partial charge in [0, 0.05) is 26.7 Å². The lowest BCUT2D eigenvalue weighted by atomic mass is 10.2. The molecule has 20 heavy (non-hydrogen) atoms. The minimum absolute atomic E-state index is 0.224. The molecular formula is C12H18ClN5O2. The molecule has 0 saturated carbocycles. The maximum absolute atomic E-state index is 6.04. The molecule has 0 radical (unpaired) electrons. The van der Waals surface area contributed by atoms with Gasteiger partial charge in [-0.3, -0.25) is 0 Å². The molecule has 0 spiro atoms. The Morgan fingerprint density at radius 2 is 1.95 bits per heavy atom. The Balaban J connectivity index is 1.81. The highest BCUT2D eigenvalue weighted by Gasteiger charge is 2.24. The Morgan fingerprint density at radius 1 is 1.15 bits per heavy atom. The molecule has 2 aliphatic heterocycles. The molecule has 3 rings (SSSR count). The van der Waals surface area contributed by atoms with Crippen LogP contribution in [0.4, 0.5) is 11.9 Å². The van der Waals surface area contributed by atoms with Crippen molar-refractivity contribution < 1.29 is 9.47 Å². The first-order valence-electron chi connectivity index (χ1n) is 6.79. The minimum Gasteiger partial charge on any atom is -0.379 e. The average Bonchev–Trinajstić information content (AvgIpc) is 3.01.